The maximum Gasteiger partial charge on any atom is 0.384 e. The van der Waals surface area contributed by atoms with Crippen LogP contribution in [-0.4, -0.2) is 47.0 Å². The number of nitrogens with zero attached hydrogens (tertiary/aromatic N) is 1. The van der Waals surface area contributed by atoms with Gasteiger partial charge in [0.1, 0.15) is 11.0 Å². The van der Waals surface area contributed by atoms with Crippen molar-refractivity contribution in [2.75, 3.05) is 20.3 Å². The summed E-state index contributed by atoms with van der Waals surface area (Å²) in [6.07, 6.45) is 4.23. The van der Waals surface area contributed by atoms with Crippen molar-refractivity contribution in [1.29, 1.82) is 0 Å². The molecular weight excluding hydrogens is 544 g/mol. The molecule has 11 heteroatoms. The molecule has 2 fully saturated rings. The second-order valence-electron chi connectivity index (χ2n) is 11.4. The normalized spacial score (nSPS) is 18.7. The number of carbonyl (C=O) groups excluding carboxylic acids is 1. The van der Waals surface area contributed by atoms with Gasteiger partial charge in [0, 0.05) is 31.9 Å². The topological polar surface area (TPSA) is 89.6 Å². The summed E-state index contributed by atoms with van der Waals surface area (Å²) in [5.74, 6) is 0.186. The lowest BCUT2D eigenvalue weighted by atomic mass is 9.85. The van der Waals surface area contributed by atoms with Gasteiger partial charge in [0.05, 0.1) is 21.0 Å². The predicted molar refractivity (Wildman–Crippen MR) is 149 cm³/mol. The number of rotatable bonds is 9. The minimum Gasteiger partial charge on any atom is -0.381 e. The molecule has 1 aromatic carbocycles. The highest BCUT2D eigenvalue weighted by atomic mass is 32.2. The van der Waals surface area contributed by atoms with E-state index in [1.807, 2.05) is 20.8 Å². The third-order valence-electron chi connectivity index (χ3n) is 7.07. The minimum absolute atomic E-state index is 0.0250. The highest BCUT2D eigenvalue weighted by molar-refractivity contribution is 7.83. The number of ether oxygens (including phenoxy) is 2. The van der Waals surface area contributed by atoms with Crippen molar-refractivity contribution in [2.45, 2.75) is 94.7 Å². The van der Waals surface area contributed by atoms with Crippen molar-refractivity contribution in [3.05, 3.63) is 34.5 Å². The van der Waals surface area contributed by atoms with Crippen LogP contribution in [0.4, 0.5) is 8.78 Å². The Kier molecular flexibility index (Phi) is 9.91. The van der Waals surface area contributed by atoms with E-state index < -0.39 is 28.2 Å². The second-order valence-corrected chi connectivity index (χ2v) is 13.6. The summed E-state index contributed by atoms with van der Waals surface area (Å²) in [6, 6.07) is 4.50. The third kappa shape index (κ3) is 7.91. The highest BCUT2D eigenvalue weighted by Gasteiger charge is 2.37. The molecule has 1 aliphatic heterocycles. The monoisotopic (exact) mass is 583 g/mol. The molecule has 1 atom stereocenters. The van der Waals surface area contributed by atoms with Crippen molar-refractivity contribution in [3.8, 4) is 10.4 Å². The highest BCUT2D eigenvalue weighted by Crippen LogP contribution is 2.40. The molecule has 1 unspecified atom stereocenters. The van der Waals surface area contributed by atoms with Gasteiger partial charge >= 0.3 is 6.11 Å². The zero-order valence-electron chi connectivity index (χ0n) is 23.1. The van der Waals surface area contributed by atoms with E-state index in [9.17, 15) is 9.00 Å². The number of aromatic nitrogens is 1. The van der Waals surface area contributed by atoms with Gasteiger partial charge in [0.15, 0.2) is 5.01 Å². The van der Waals surface area contributed by atoms with E-state index in [2.05, 4.69) is 14.8 Å². The summed E-state index contributed by atoms with van der Waals surface area (Å²) in [5.41, 5.74) is 0.229. The number of halogens is 2. The van der Waals surface area contributed by atoms with Crippen molar-refractivity contribution in [3.63, 3.8) is 0 Å². The molecule has 1 amide bonds. The van der Waals surface area contributed by atoms with Crippen LogP contribution >= 0.6 is 11.3 Å². The van der Waals surface area contributed by atoms with Gasteiger partial charge in [0.25, 0.3) is 5.91 Å². The van der Waals surface area contributed by atoms with Gasteiger partial charge in [-0.1, -0.05) is 38.2 Å². The van der Waals surface area contributed by atoms with E-state index in [-0.39, 0.29) is 16.8 Å². The number of amides is 1. The van der Waals surface area contributed by atoms with Crippen LogP contribution in [-0.2, 0) is 33.0 Å². The second kappa shape index (κ2) is 12.8. The first-order valence-electron chi connectivity index (χ1n) is 13.6. The first-order chi connectivity index (χ1) is 18.5. The number of hydrogen-bond donors (Lipinski definition) is 2. The number of thiazole rings is 1. The van der Waals surface area contributed by atoms with Gasteiger partial charge in [-0.25, -0.2) is 13.9 Å². The van der Waals surface area contributed by atoms with Gasteiger partial charge < -0.3 is 14.8 Å². The summed E-state index contributed by atoms with van der Waals surface area (Å²) in [6.45, 7) is 6.66. The molecule has 2 aromatic rings. The largest absolute Gasteiger partial charge is 0.384 e. The average Bonchev–Trinajstić information content (AvgIpc) is 3.32. The molecule has 216 valence electrons. The molecule has 1 aliphatic carbocycles. The van der Waals surface area contributed by atoms with E-state index in [0.29, 0.717) is 41.0 Å². The van der Waals surface area contributed by atoms with Gasteiger partial charge in [-0.15, -0.1) is 11.3 Å². The minimum atomic E-state index is -3.65. The van der Waals surface area contributed by atoms with E-state index in [0.717, 1.165) is 51.3 Å². The maximum absolute atomic E-state index is 15.0. The number of methoxy groups -OCH3 is 1. The fraction of sp³-hybridized carbons (Fsp3) is 0.643. The summed E-state index contributed by atoms with van der Waals surface area (Å²) >= 11 is 1.22. The molecular formula is C28H39F2N3O4S2. The Labute approximate surface area is 236 Å². The number of carbonyl (C=O) groups is 1. The van der Waals surface area contributed by atoms with Crippen molar-refractivity contribution < 1.29 is 27.3 Å². The lowest BCUT2D eigenvalue weighted by molar-refractivity contribution is -0.233. The molecule has 2 N–H and O–H groups in total. The molecule has 4 rings (SSSR count). The standard InChI is InChI=1S/C28H39F2N3O4S2/c1-27(2,3)33-39(35)23-11-10-19(17-21(23)28(29,30)36-4)24-22(16-18-8-6-5-7-9-18)32-26(38-24)25(34)31-20-12-14-37-15-13-20/h10-11,17-18,20,33H,5-9,12-16H2,1-4H3,(H,31,34). The Morgan fingerprint density at radius 2 is 1.85 bits per heavy atom. The van der Waals surface area contributed by atoms with Crippen LogP contribution in [0.1, 0.15) is 86.8 Å². The average molecular weight is 584 g/mol. The van der Waals surface area contributed by atoms with Crippen LogP contribution in [0, 0.1) is 5.92 Å². The molecule has 1 saturated heterocycles. The van der Waals surface area contributed by atoms with Crippen LogP contribution in [0.15, 0.2) is 23.1 Å². The lowest BCUT2D eigenvalue weighted by Gasteiger charge is -2.23. The number of alkyl halides is 2. The van der Waals surface area contributed by atoms with E-state index in [1.54, 1.807) is 6.07 Å². The molecule has 0 radical (unpaired) electrons. The Bertz CT molecular complexity index is 1170. The summed E-state index contributed by atoms with van der Waals surface area (Å²) in [4.78, 5) is 18.5. The maximum atomic E-state index is 15.0. The molecule has 2 heterocycles. The zero-order chi connectivity index (χ0) is 28.2. The van der Waals surface area contributed by atoms with Gasteiger partial charge in [0.2, 0.25) is 0 Å². The zero-order valence-corrected chi connectivity index (χ0v) is 24.7. The van der Waals surface area contributed by atoms with Gasteiger partial charge in [-0.2, -0.15) is 8.78 Å². The molecule has 7 nitrogen and oxygen atoms in total. The van der Waals surface area contributed by atoms with Crippen LogP contribution in [0.25, 0.3) is 10.4 Å². The Morgan fingerprint density at radius 3 is 2.49 bits per heavy atom. The van der Waals surface area contributed by atoms with Crippen molar-refractivity contribution in [1.82, 2.24) is 15.0 Å². The van der Waals surface area contributed by atoms with Crippen LogP contribution in [0.5, 0.6) is 0 Å². The molecule has 0 spiro atoms. The van der Waals surface area contributed by atoms with E-state index in [4.69, 9.17) is 9.72 Å². The summed E-state index contributed by atoms with van der Waals surface area (Å²) in [5, 5.41) is 3.39. The van der Waals surface area contributed by atoms with Gasteiger partial charge in [-0.05, 0) is 63.6 Å². The van der Waals surface area contributed by atoms with Crippen molar-refractivity contribution in [2.24, 2.45) is 5.92 Å². The summed E-state index contributed by atoms with van der Waals surface area (Å²) < 4.78 is 55.9. The number of nitrogens with one attached hydrogen (secondary N) is 2. The third-order valence-corrected chi connectivity index (χ3v) is 9.76. The quantitative estimate of drug-likeness (QED) is 0.381. The van der Waals surface area contributed by atoms with Gasteiger partial charge in [-0.3, -0.25) is 4.79 Å². The number of hydrogen-bond acceptors (Lipinski definition) is 6. The summed E-state index contributed by atoms with van der Waals surface area (Å²) in [7, 11) is -0.964. The fourth-order valence-corrected chi connectivity index (χ4v) is 7.30. The Balaban J connectivity index is 1.72. The molecule has 1 aromatic heterocycles. The first kappa shape index (κ1) is 30.2. The fourth-order valence-electron chi connectivity index (χ4n) is 5.07. The Hall–Kier alpha value is -1.79. The van der Waals surface area contributed by atoms with Crippen molar-refractivity contribution >= 4 is 28.2 Å². The smallest absolute Gasteiger partial charge is 0.381 e. The van der Waals surface area contributed by atoms with E-state index >= 15 is 8.78 Å². The SMILES string of the molecule is COC(F)(F)c1cc(-c2sc(C(=O)NC3CCOCC3)nc2CC2CCCCC2)ccc1S(=O)NC(C)(C)C. The molecule has 39 heavy (non-hydrogen) atoms. The Morgan fingerprint density at radius 1 is 1.15 bits per heavy atom. The first-order valence-corrected chi connectivity index (χ1v) is 15.6. The lowest BCUT2D eigenvalue weighted by Crippen LogP contribution is -2.38. The van der Waals surface area contributed by atoms with Crippen LogP contribution < -0.4 is 10.0 Å². The molecule has 2 aliphatic rings. The van der Waals surface area contributed by atoms with Crippen LogP contribution in [0.3, 0.4) is 0 Å². The van der Waals surface area contributed by atoms with Crippen LogP contribution in [0.2, 0.25) is 0 Å². The predicted octanol–water partition coefficient (Wildman–Crippen LogP) is 5.95. The molecule has 1 saturated carbocycles. The van der Waals surface area contributed by atoms with E-state index in [1.165, 1.54) is 29.9 Å². The molecule has 0 bridgehead atoms. The number of benzene rings is 1.